The maximum absolute atomic E-state index is 11.5. The molecule has 1 atom stereocenters. The second kappa shape index (κ2) is 7.66. The molecule has 5 nitrogen and oxygen atoms in total. The number of rotatable bonds is 8. The maximum atomic E-state index is 11.5. The molecule has 0 aromatic heterocycles. The number of nitrogens with two attached hydrogens (primary N) is 1. The van der Waals surface area contributed by atoms with Crippen LogP contribution in [0.1, 0.15) is 40.0 Å². The van der Waals surface area contributed by atoms with E-state index in [1.807, 2.05) is 13.8 Å². The summed E-state index contributed by atoms with van der Waals surface area (Å²) in [4.78, 5) is 11.5. The van der Waals surface area contributed by atoms with Crippen molar-refractivity contribution in [1.82, 2.24) is 4.72 Å². The van der Waals surface area contributed by atoms with E-state index in [4.69, 9.17) is 5.73 Å². The summed E-state index contributed by atoms with van der Waals surface area (Å²) in [5, 5.41) is 0. The molecule has 0 fully saturated rings. The first-order valence-electron chi connectivity index (χ1n) is 6.04. The monoisotopic (exact) mass is 264 g/mol. The van der Waals surface area contributed by atoms with Crippen LogP contribution in [0.4, 0.5) is 0 Å². The summed E-state index contributed by atoms with van der Waals surface area (Å²) in [6.45, 7) is 6.26. The van der Waals surface area contributed by atoms with E-state index in [1.165, 1.54) is 0 Å². The van der Waals surface area contributed by atoms with Crippen LogP contribution < -0.4 is 10.5 Å². The third kappa shape index (κ3) is 8.15. The lowest BCUT2D eigenvalue weighted by atomic mass is 9.94. The predicted octanol–water partition coefficient (Wildman–Crippen LogP) is 0.854. The molecule has 1 amide bonds. The van der Waals surface area contributed by atoms with Gasteiger partial charge in [0, 0.05) is 6.42 Å². The molecule has 0 spiro atoms. The first kappa shape index (κ1) is 16.4. The lowest BCUT2D eigenvalue weighted by molar-refractivity contribution is -0.120. The number of amides is 1. The van der Waals surface area contributed by atoms with Gasteiger partial charge in [-0.25, -0.2) is 8.42 Å². The lowest BCUT2D eigenvalue weighted by Crippen LogP contribution is -2.34. The van der Waals surface area contributed by atoms with Crippen molar-refractivity contribution in [1.29, 1.82) is 0 Å². The normalized spacial score (nSPS) is 13.7. The smallest absolute Gasteiger partial charge is 0.234 e. The zero-order chi connectivity index (χ0) is 13.5. The van der Waals surface area contributed by atoms with E-state index in [2.05, 4.69) is 4.72 Å². The molecule has 0 aliphatic rings. The minimum atomic E-state index is -3.45. The minimum Gasteiger partial charge on any atom is -0.330 e. The zero-order valence-corrected chi connectivity index (χ0v) is 11.7. The Morgan fingerprint density at radius 2 is 1.94 bits per heavy atom. The highest BCUT2D eigenvalue weighted by molar-refractivity contribution is 7.90. The SMILES string of the molecule is CCCS(=O)(=O)NC(=O)CC(CN)CC(C)C. The van der Waals surface area contributed by atoms with Crippen LogP contribution in [-0.2, 0) is 14.8 Å². The van der Waals surface area contributed by atoms with Crippen LogP contribution in [0.25, 0.3) is 0 Å². The Hall–Kier alpha value is -0.620. The second-order valence-electron chi connectivity index (χ2n) is 4.78. The van der Waals surface area contributed by atoms with Gasteiger partial charge in [-0.05, 0) is 31.2 Å². The Morgan fingerprint density at radius 1 is 1.35 bits per heavy atom. The molecule has 0 aromatic carbocycles. The Labute approximate surface area is 104 Å². The van der Waals surface area contributed by atoms with Gasteiger partial charge in [0.25, 0.3) is 0 Å². The molecule has 6 heteroatoms. The van der Waals surface area contributed by atoms with Crippen molar-refractivity contribution in [3.63, 3.8) is 0 Å². The topological polar surface area (TPSA) is 89.3 Å². The van der Waals surface area contributed by atoms with Crippen molar-refractivity contribution in [3.05, 3.63) is 0 Å². The van der Waals surface area contributed by atoms with Gasteiger partial charge in [0.15, 0.2) is 0 Å². The first-order chi connectivity index (χ1) is 7.80. The fourth-order valence-corrected chi connectivity index (χ4v) is 2.80. The number of carbonyl (C=O) groups excluding carboxylic acids is 1. The van der Waals surface area contributed by atoms with Gasteiger partial charge >= 0.3 is 0 Å². The van der Waals surface area contributed by atoms with Gasteiger partial charge < -0.3 is 5.73 Å². The highest BCUT2D eigenvalue weighted by Gasteiger charge is 2.18. The summed E-state index contributed by atoms with van der Waals surface area (Å²) in [6.07, 6.45) is 1.50. The summed E-state index contributed by atoms with van der Waals surface area (Å²) in [7, 11) is -3.45. The summed E-state index contributed by atoms with van der Waals surface area (Å²) in [6, 6.07) is 0. The average Bonchev–Trinajstić information content (AvgIpc) is 2.14. The molecular weight excluding hydrogens is 240 g/mol. The predicted molar refractivity (Wildman–Crippen MR) is 68.8 cm³/mol. The summed E-state index contributed by atoms with van der Waals surface area (Å²) in [5.41, 5.74) is 5.56. The molecule has 0 aromatic rings. The number of carbonyl (C=O) groups is 1. The Morgan fingerprint density at radius 3 is 2.35 bits per heavy atom. The van der Waals surface area contributed by atoms with E-state index in [1.54, 1.807) is 6.92 Å². The standard InChI is InChI=1S/C11H24N2O3S/c1-4-5-17(15,16)13-11(14)7-10(8-12)6-9(2)3/h9-10H,4-8,12H2,1-3H3,(H,13,14). The van der Waals surface area contributed by atoms with Gasteiger partial charge in [-0.1, -0.05) is 20.8 Å². The van der Waals surface area contributed by atoms with Crippen LogP contribution in [0, 0.1) is 11.8 Å². The Kier molecular flexibility index (Phi) is 7.38. The van der Waals surface area contributed by atoms with E-state index in [-0.39, 0.29) is 18.1 Å². The summed E-state index contributed by atoms with van der Waals surface area (Å²) >= 11 is 0. The number of sulfonamides is 1. The highest BCUT2D eigenvalue weighted by Crippen LogP contribution is 2.14. The average molecular weight is 264 g/mol. The van der Waals surface area contributed by atoms with Gasteiger partial charge in [-0.2, -0.15) is 0 Å². The van der Waals surface area contributed by atoms with Gasteiger partial charge in [0.1, 0.15) is 0 Å². The number of hydrogen-bond donors (Lipinski definition) is 2. The van der Waals surface area contributed by atoms with E-state index < -0.39 is 15.9 Å². The van der Waals surface area contributed by atoms with E-state index >= 15 is 0 Å². The zero-order valence-electron chi connectivity index (χ0n) is 10.9. The molecule has 0 aliphatic carbocycles. The number of nitrogens with one attached hydrogen (secondary N) is 1. The van der Waals surface area contributed by atoms with Gasteiger partial charge in [0.05, 0.1) is 5.75 Å². The molecule has 0 saturated heterocycles. The summed E-state index contributed by atoms with van der Waals surface area (Å²) in [5.74, 6) is 0.0286. The highest BCUT2D eigenvalue weighted by atomic mass is 32.2. The third-order valence-electron chi connectivity index (χ3n) is 2.35. The van der Waals surface area contributed by atoms with E-state index in [9.17, 15) is 13.2 Å². The van der Waals surface area contributed by atoms with Crippen LogP contribution >= 0.6 is 0 Å². The molecular formula is C11H24N2O3S. The summed E-state index contributed by atoms with van der Waals surface area (Å²) < 4.78 is 24.8. The van der Waals surface area contributed by atoms with Crippen LogP contribution in [0.3, 0.4) is 0 Å². The molecule has 0 aliphatic heterocycles. The molecule has 0 bridgehead atoms. The minimum absolute atomic E-state index is 0.0176. The third-order valence-corrected chi connectivity index (χ3v) is 3.84. The molecule has 17 heavy (non-hydrogen) atoms. The fourth-order valence-electron chi connectivity index (χ4n) is 1.73. The van der Waals surface area contributed by atoms with Gasteiger partial charge in [0.2, 0.25) is 15.9 Å². The fraction of sp³-hybridized carbons (Fsp3) is 0.909. The van der Waals surface area contributed by atoms with Crippen molar-refractivity contribution >= 4 is 15.9 Å². The number of hydrogen-bond acceptors (Lipinski definition) is 4. The molecule has 102 valence electrons. The Balaban J connectivity index is 4.24. The van der Waals surface area contributed by atoms with Crippen LogP contribution in [-0.4, -0.2) is 26.6 Å². The van der Waals surface area contributed by atoms with Crippen molar-refractivity contribution in [2.24, 2.45) is 17.6 Å². The van der Waals surface area contributed by atoms with E-state index in [0.29, 0.717) is 18.9 Å². The molecule has 3 N–H and O–H groups in total. The van der Waals surface area contributed by atoms with E-state index in [0.717, 1.165) is 6.42 Å². The van der Waals surface area contributed by atoms with Crippen molar-refractivity contribution in [2.75, 3.05) is 12.3 Å². The quantitative estimate of drug-likeness (QED) is 0.680. The molecule has 0 saturated carbocycles. The Bertz CT molecular complexity index is 326. The van der Waals surface area contributed by atoms with Crippen molar-refractivity contribution < 1.29 is 13.2 Å². The molecule has 0 radical (unpaired) electrons. The lowest BCUT2D eigenvalue weighted by Gasteiger charge is -2.16. The first-order valence-corrected chi connectivity index (χ1v) is 7.69. The maximum Gasteiger partial charge on any atom is 0.234 e. The largest absolute Gasteiger partial charge is 0.330 e. The molecule has 0 rings (SSSR count). The van der Waals surface area contributed by atoms with Crippen molar-refractivity contribution in [3.8, 4) is 0 Å². The van der Waals surface area contributed by atoms with Crippen molar-refractivity contribution in [2.45, 2.75) is 40.0 Å². The molecule has 1 unspecified atom stereocenters. The van der Waals surface area contributed by atoms with Crippen LogP contribution in [0.15, 0.2) is 0 Å². The van der Waals surface area contributed by atoms with Gasteiger partial charge in [-0.3, -0.25) is 9.52 Å². The molecule has 0 heterocycles. The van der Waals surface area contributed by atoms with Gasteiger partial charge in [-0.15, -0.1) is 0 Å². The van der Waals surface area contributed by atoms with Crippen LogP contribution in [0.5, 0.6) is 0 Å². The second-order valence-corrected chi connectivity index (χ2v) is 6.62. The van der Waals surface area contributed by atoms with Crippen LogP contribution in [0.2, 0.25) is 0 Å².